The van der Waals surface area contributed by atoms with Gasteiger partial charge in [0.2, 0.25) is 11.8 Å². The van der Waals surface area contributed by atoms with Gasteiger partial charge in [-0.2, -0.15) is 0 Å². The minimum Gasteiger partial charge on any atom is -0.369 e. The second-order valence-electron chi connectivity index (χ2n) is 11.6. The highest BCUT2D eigenvalue weighted by Gasteiger charge is 2.10. The Morgan fingerprint density at radius 2 is 1.32 bits per heavy atom. The Bertz CT molecular complexity index is 997. The van der Waals surface area contributed by atoms with Gasteiger partial charge >= 0.3 is 0 Å². The molecule has 2 aromatic rings. The van der Waals surface area contributed by atoms with Gasteiger partial charge in [-0.05, 0) is 52.5 Å². The molecular weight excluding hydrogens is 464 g/mol. The van der Waals surface area contributed by atoms with Crippen molar-refractivity contribution in [2.45, 2.75) is 54.4 Å². The van der Waals surface area contributed by atoms with Gasteiger partial charge in [0.25, 0.3) is 0 Å². The second kappa shape index (κ2) is 14.7. The number of ether oxygens (including phenoxy) is 2. The molecule has 0 saturated heterocycles. The standard InChI is InChI=1S/C31H44N2O4/c1-30(2,3)17-7-19-32-28(34)22-36-20-21-37-23-29(35)33-27-14-12-26(13-15-27)25-10-8-24(9-11-25)16-18-31(4,5)6/h8-16,18H,7,17,19-23H2,1-6H3,(H,32,34)(H,33,35). The molecule has 0 bridgehead atoms. The second-order valence-corrected chi connectivity index (χ2v) is 11.6. The van der Waals surface area contributed by atoms with Gasteiger partial charge in [0.1, 0.15) is 13.2 Å². The summed E-state index contributed by atoms with van der Waals surface area (Å²) in [5.74, 6) is -0.372. The summed E-state index contributed by atoms with van der Waals surface area (Å²) < 4.78 is 10.7. The fraction of sp³-hybridized carbons (Fsp3) is 0.484. The molecule has 0 fully saturated rings. The molecular formula is C31H44N2O4. The molecule has 0 radical (unpaired) electrons. The molecule has 37 heavy (non-hydrogen) atoms. The van der Waals surface area contributed by atoms with Crippen LogP contribution in [0.3, 0.4) is 0 Å². The number of nitrogens with one attached hydrogen (secondary N) is 2. The number of carbonyl (C=O) groups is 2. The largest absolute Gasteiger partial charge is 0.369 e. The van der Waals surface area contributed by atoms with E-state index in [1.807, 2.05) is 24.3 Å². The van der Waals surface area contributed by atoms with Crippen molar-refractivity contribution in [1.29, 1.82) is 0 Å². The molecule has 0 aliphatic heterocycles. The predicted octanol–water partition coefficient (Wildman–Crippen LogP) is 6.33. The molecule has 0 aliphatic rings. The predicted molar refractivity (Wildman–Crippen MR) is 152 cm³/mol. The van der Waals surface area contributed by atoms with Crippen LogP contribution >= 0.6 is 0 Å². The minimum absolute atomic E-state index is 0.00618. The lowest BCUT2D eigenvalue weighted by atomic mass is 9.91. The summed E-state index contributed by atoms with van der Waals surface area (Å²) in [4.78, 5) is 23.9. The molecule has 2 rings (SSSR count). The van der Waals surface area contributed by atoms with Crippen molar-refractivity contribution < 1.29 is 19.1 Å². The van der Waals surface area contributed by atoms with Gasteiger partial charge in [0.05, 0.1) is 13.2 Å². The van der Waals surface area contributed by atoms with E-state index in [-0.39, 0.29) is 49.1 Å². The molecule has 2 N–H and O–H groups in total. The van der Waals surface area contributed by atoms with E-state index in [1.165, 1.54) is 5.56 Å². The summed E-state index contributed by atoms with van der Waals surface area (Å²) in [6.45, 7) is 14.1. The van der Waals surface area contributed by atoms with Crippen LogP contribution in [0.1, 0.15) is 59.9 Å². The average Bonchev–Trinajstić information content (AvgIpc) is 2.82. The first-order valence-electron chi connectivity index (χ1n) is 13.0. The fourth-order valence-electron chi connectivity index (χ4n) is 3.42. The molecule has 0 aliphatic carbocycles. The van der Waals surface area contributed by atoms with Crippen LogP contribution in [-0.4, -0.2) is 44.8 Å². The Balaban J connectivity index is 1.63. The van der Waals surface area contributed by atoms with Crippen molar-refractivity contribution in [1.82, 2.24) is 5.32 Å². The third-order valence-corrected chi connectivity index (χ3v) is 5.45. The molecule has 6 heteroatoms. The van der Waals surface area contributed by atoms with Crippen LogP contribution in [0.5, 0.6) is 0 Å². The van der Waals surface area contributed by atoms with E-state index in [9.17, 15) is 9.59 Å². The summed E-state index contributed by atoms with van der Waals surface area (Å²) in [6.07, 6.45) is 6.34. The van der Waals surface area contributed by atoms with Gasteiger partial charge < -0.3 is 20.1 Å². The van der Waals surface area contributed by atoms with Crippen LogP contribution < -0.4 is 10.6 Å². The summed E-state index contributed by atoms with van der Waals surface area (Å²) in [7, 11) is 0. The third kappa shape index (κ3) is 13.8. The van der Waals surface area contributed by atoms with E-state index in [1.54, 1.807) is 0 Å². The number of carbonyl (C=O) groups excluding carboxylic acids is 2. The Labute approximate surface area is 222 Å². The molecule has 0 spiro atoms. The first-order valence-corrected chi connectivity index (χ1v) is 13.0. The molecule has 2 aromatic carbocycles. The Kier molecular flexibility index (Phi) is 12.0. The molecule has 2 amide bonds. The van der Waals surface area contributed by atoms with Gasteiger partial charge in [0.15, 0.2) is 0 Å². The number of allylic oxidation sites excluding steroid dienone is 1. The number of hydrogen-bond acceptors (Lipinski definition) is 4. The van der Waals surface area contributed by atoms with E-state index < -0.39 is 0 Å². The molecule has 0 saturated carbocycles. The summed E-state index contributed by atoms with van der Waals surface area (Å²) in [6, 6.07) is 16.1. The van der Waals surface area contributed by atoms with Crippen molar-refractivity contribution in [3.8, 4) is 11.1 Å². The Hall–Kier alpha value is -2.96. The molecule has 0 unspecified atom stereocenters. The molecule has 0 atom stereocenters. The maximum atomic E-state index is 12.1. The Morgan fingerprint density at radius 1 is 0.784 bits per heavy atom. The van der Waals surface area contributed by atoms with Crippen molar-refractivity contribution in [3.05, 3.63) is 60.2 Å². The highest BCUT2D eigenvalue weighted by atomic mass is 16.5. The van der Waals surface area contributed by atoms with E-state index >= 15 is 0 Å². The van der Waals surface area contributed by atoms with E-state index in [0.29, 0.717) is 12.2 Å². The van der Waals surface area contributed by atoms with E-state index in [0.717, 1.165) is 24.0 Å². The van der Waals surface area contributed by atoms with Crippen LogP contribution in [0.2, 0.25) is 0 Å². The molecule has 202 valence electrons. The van der Waals surface area contributed by atoms with E-state index in [2.05, 4.69) is 88.6 Å². The molecule has 0 aromatic heterocycles. The van der Waals surface area contributed by atoms with Crippen molar-refractivity contribution in [2.24, 2.45) is 10.8 Å². The third-order valence-electron chi connectivity index (χ3n) is 5.45. The summed E-state index contributed by atoms with van der Waals surface area (Å²) >= 11 is 0. The number of rotatable bonds is 13. The van der Waals surface area contributed by atoms with Gasteiger partial charge in [-0.1, -0.05) is 90.1 Å². The zero-order valence-electron chi connectivity index (χ0n) is 23.4. The van der Waals surface area contributed by atoms with Crippen LogP contribution in [0.15, 0.2) is 54.6 Å². The average molecular weight is 509 g/mol. The highest BCUT2D eigenvalue weighted by Crippen LogP contribution is 2.23. The topological polar surface area (TPSA) is 76.7 Å². The van der Waals surface area contributed by atoms with Gasteiger partial charge in [-0.15, -0.1) is 0 Å². The van der Waals surface area contributed by atoms with Crippen LogP contribution in [0.4, 0.5) is 5.69 Å². The number of benzene rings is 2. The van der Waals surface area contributed by atoms with Crippen molar-refractivity contribution >= 4 is 23.6 Å². The van der Waals surface area contributed by atoms with E-state index in [4.69, 9.17) is 9.47 Å². The van der Waals surface area contributed by atoms with Crippen LogP contribution in [0, 0.1) is 10.8 Å². The quantitative estimate of drug-likeness (QED) is 0.310. The molecule has 0 heterocycles. The number of hydrogen-bond donors (Lipinski definition) is 2. The smallest absolute Gasteiger partial charge is 0.250 e. The van der Waals surface area contributed by atoms with Gasteiger partial charge in [-0.3, -0.25) is 9.59 Å². The Morgan fingerprint density at radius 3 is 1.86 bits per heavy atom. The summed E-state index contributed by atoms with van der Waals surface area (Å²) in [5, 5.41) is 5.68. The normalized spacial score (nSPS) is 12.1. The van der Waals surface area contributed by atoms with Crippen LogP contribution in [-0.2, 0) is 19.1 Å². The monoisotopic (exact) mass is 508 g/mol. The van der Waals surface area contributed by atoms with Crippen LogP contribution in [0.25, 0.3) is 17.2 Å². The number of amides is 2. The zero-order chi connectivity index (χ0) is 27.3. The maximum Gasteiger partial charge on any atom is 0.250 e. The number of anilines is 1. The first kappa shape index (κ1) is 30.3. The fourth-order valence-corrected chi connectivity index (χ4v) is 3.42. The lowest BCUT2D eigenvalue weighted by molar-refractivity contribution is -0.127. The van der Waals surface area contributed by atoms with Gasteiger partial charge in [-0.25, -0.2) is 0 Å². The lowest BCUT2D eigenvalue weighted by Gasteiger charge is -2.17. The maximum absolute atomic E-state index is 12.1. The van der Waals surface area contributed by atoms with Gasteiger partial charge in [0, 0.05) is 12.2 Å². The molecule has 6 nitrogen and oxygen atoms in total. The zero-order valence-corrected chi connectivity index (χ0v) is 23.4. The van der Waals surface area contributed by atoms with Crippen molar-refractivity contribution in [2.75, 3.05) is 38.3 Å². The SMILES string of the molecule is CC(C)(C)C=Cc1ccc(-c2ccc(NC(=O)COCCOCC(=O)NCCCC(C)(C)C)cc2)cc1. The lowest BCUT2D eigenvalue weighted by Crippen LogP contribution is -2.29. The highest BCUT2D eigenvalue weighted by molar-refractivity contribution is 5.92. The first-order chi connectivity index (χ1) is 17.4. The minimum atomic E-state index is -0.237. The summed E-state index contributed by atoms with van der Waals surface area (Å²) in [5.41, 5.74) is 4.50. The van der Waals surface area contributed by atoms with Crippen molar-refractivity contribution in [3.63, 3.8) is 0 Å².